The van der Waals surface area contributed by atoms with Crippen molar-refractivity contribution in [2.24, 2.45) is 0 Å². The first-order valence-electron chi connectivity index (χ1n) is 10.3. The van der Waals surface area contributed by atoms with Crippen molar-refractivity contribution < 1.29 is 19.5 Å². The molecular weight excluding hydrogens is 388 g/mol. The summed E-state index contributed by atoms with van der Waals surface area (Å²) in [5.41, 5.74) is 2.12. The zero-order chi connectivity index (χ0) is 21.8. The minimum Gasteiger partial charge on any atom is -0.483 e. The Hall–Kier alpha value is -2.88. The average Bonchev–Trinajstić information content (AvgIpc) is 3.28. The lowest BCUT2D eigenvalue weighted by molar-refractivity contribution is -0.131. The van der Waals surface area contributed by atoms with Gasteiger partial charge in [0.1, 0.15) is 0 Å². The van der Waals surface area contributed by atoms with Gasteiger partial charge >= 0.3 is 6.03 Å². The van der Waals surface area contributed by atoms with Gasteiger partial charge in [0.15, 0.2) is 0 Å². The van der Waals surface area contributed by atoms with Crippen molar-refractivity contribution in [3.63, 3.8) is 0 Å². The van der Waals surface area contributed by atoms with Gasteiger partial charge in [0.2, 0.25) is 5.91 Å². The van der Waals surface area contributed by atoms with E-state index < -0.39 is 0 Å². The van der Waals surface area contributed by atoms with Gasteiger partial charge in [0.05, 0.1) is 6.54 Å². The van der Waals surface area contributed by atoms with Crippen molar-refractivity contribution in [1.29, 1.82) is 0 Å². The molecule has 2 saturated heterocycles. The molecule has 0 atom stereocenters. The maximum Gasteiger partial charge on any atom is 0.317 e. The molecule has 0 spiro atoms. The number of likely N-dealkylation sites (tertiary alicyclic amines) is 1. The van der Waals surface area contributed by atoms with Crippen LogP contribution in [0.4, 0.5) is 10.5 Å². The van der Waals surface area contributed by atoms with Crippen molar-refractivity contribution in [1.82, 2.24) is 25.0 Å². The van der Waals surface area contributed by atoms with Crippen molar-refractivity contribution in [2.45, 2.75) is 19.8 Å². The van der Waals surface area contributed by atoms with Gasteiger partial charge in [-0.3, -0.25) is 19.5 Å². The van der Waals surface area contributed by atoms with Gasteiger partial charge in [-0.05, 0) is 31.4 Å². The van der Waals surface area contributed by atoms with Gasteiger partial charge in [-0.25, -0.2) is 4.79 Å². The second kappa shape index (κ2) is 12.6. The summed E-state index contributed by atoms with van der Waals surface area (Å²) in [6, 6.07) is 1.90. The van der Waals surface area contributed by atoms with Crippen LogP contribution in [-0.4, -0.2) is 102 Å². The molecule has 1 aromatic rings. The molecule has 2 aliphatic rings. The van der Waals surface area contributed by atoms with Gasteiger partial charge in [-0.1, -0.05) is 0 Å². The predicted octanol–water partition coefficient (Wildman–Crippen LogP) is 0.452. The van der Waals surface area contributed by atoms with E-state index in [1.807, 2.05) is 29.0 Å². The van der Waals surface area contributed by atoms with Crippen LogP contribution in [-0.2, 0) is 9.59 Å². The molecule has 3 amide bonds. The van der Waals surface area contributed by atoms with Crippen LogP contribution in [0, 0.1) is 6.92 Å². The maximum atomic E-state index is 12.3. The number of hydrogen-bond donors (Lipinski definition) is 3. The number of urea groups is 1. The van der Waals surface area contributed by atoms with Gasteiger partial charge in [-0.15, -0.1) is 0 Å². The van der Waals surface area contributed by atoms with Crippen molar-refractivity contribution in [3.8, 4) is 0 Å². The lowest BCUT2D eigenvalue weighted by Gasteiger charge is -2.35. The van der Waals surface area contributed by atoms with E-state index in [1.165, 1.54) is 0 Å². The molecule has 0 radical (unpaired) electrons. The molecule has 3 heterocycles. The number of rotatable bonds is 6. The summed E-state index contributed by atoms with van der Waals surface area (Å²) >= 11 is 0. The van der Waals surface area contributed by atoms with Crippen molar-refractivity contribution >= 4 is 24.1 Å². The number of nitrogens with zero attached hydrogens (tertiary/aromatic N) is 4. The van der Waals surface area contributed by atoms with Crippen LogP contribution in [0.5, 0.6) is 0 Å². The number of pyridine rings is 1. The molecule has 1 aromatic heterocycles. The molecule has 0 aliphatic carbocycles. The highest BCUT2D eigenvalue weighted by atomic mass is 16.3. The Morgan fingerprint density at radius 3 is 2.40 bits per heavy atom. The highest BCUT2D eigenvalue weighted by Gasteiger charge is 2.25. The minimum atomic E-state index is -0.250. The molecule has 0 unspecified atom stereocenters. The Morgan fingerprint density at radius 2 is 1.77 bits per heavy atom. The van der Waals surface area contributed by atoms with Crippen LogP contribution in [0.2, 0.25) is 0 Å². The standard InChI is InChI=1S/C19H30N6O2.CH2O2/c1-16-14-20-5-4-17(16)21-6-7-22-19(27)25-12-10-23(11-13-25)15-18(26)24-8-2-3-9-24;2-1-3/h4-5,14H,2-3,6-13,15H2,1H3,(H,20,21)(H,22,27);1H,(H,2,3). The summed E-state index contributed by atoms with van der Waals surface area (Å²) in [5.74, 6) is 0.225. The van der Waals surface area contributed by atoms with Gasteiger partial charge in [0, 0.05) is 70.4 Å². The Morgan fingerprint density at radius 1 is 1.10 bits per heavy atom. The Balaban J connectivity index is 0.00000101. The van der Waals surface area contributed by atoms with E-state index in [4.69, 9.17) is 9.90 Å². The fraction of sp³-hybridized carbons (Fsp3) is 0.600. The highest BCUT2D eigenvalue weighted by molar-refractivity contribution is 5.78. The number of aryl methyl sites for hydroxylation is 1. The molecule has 2 fully saturated rings. The molecule has 2 aliphatic heterocycles. The number of piperazine rings is 1. The summed E-state index contributed by atoms with van der Waals surface area (Å²) in [7, 11) is 0. The lowest BCUT2D eigenvalue weighted by Crippen LogP contribution is -2.53. The molecule has 0 saturated carbocycles. The van der Waals surface area contributed by atoms with E-state index in [2.05, 4.69) is 20.5 Å². The maximum absolute atomic E-state index is 12.3. The number of aromatic nitrogens is 1. The zero-order valence-corrected chi connectivity index (χ0v) is 17.5. The molecule has 3 N–H and O–H groups in total. The second-order valence-corrected chi connectivity index (χ2v) is 7.31. The molecule has 3 rings (SSSR count). The number of carboxylic acid groups (broad SMARTS) is 1. The molecule has 30 heavy (non-hydrogen) atoms. The van der Waals surface area contributed by atoms with Crippen LogP contribution < -0.4 is 10.6 Å². The van der Waals surface area contributed by atoms with Gasteiger partial charge in [-0.2, -0.15) is 0 Å². The minimum absolute atomic E-state index is 0.0335. The van der Waals surface area contributed by atoms with Crippen LogP contribution >= 0.6 is 0 Å². The van der Waals surface area contributed by atoms with E-state index in [-0.39, 0.29) is 18.4 Å². The number of amides is 3. The number of anilines is 1. The number of hydrogen-bond acceptors (Lipinski definition) is 6. The fourth-order valence-electron chi connectivity index (χ4n) is 3.52. The van der Waals surface area contributed by atoms with Crippen LogP contribution in [0.3, 0.4) is 0 Å². The predicted molar refractivity (Wildman–Crippen MR) is 113 cm³/mol. The molecule has 10 nitrogen and oxygen atoms in total. The number of nitrogens with one attached hydrogen (secondary N) is 2. The normalized spacial score (nSPS) is 16.4. The summed E-state index contributed by atoms with van der Waals surface area (Å²) in [6.45, 7) is 8.08. The summed E-state index contributed by atoms with van der Waals surface area (Å²) < 4.78 is 0. The van der Waals surface area contributed by atoms with Crippen LogP contribution in [0.1, 0.15) is 18.4 Å². The Kier molecular flexibility index (Phi) is 9.85. The Labute approximate surface area is 177 Å². The largest absolute Gasteiger partial charge is 0.483 e. The van der Waals surface area contributed by atoms with Gasteiger partial charge < -0.3 is 25.5 Å². The zero-order valence-electron chi connectivity index (χ0n) is 17.5. The van der Waals surface area contributed by atoms with Crippen LogP contribution in [0.15, 0.2) is 18.5 Å². The van der Waals surface area contributed by atoms with Crippen molar-refractivity contribution in [2.75, 3.05) is 64.2 Å². The second-order valence-electron chi connectivity index (χ2n) is 7.31. The SMILES string of the molecule is Cc1cnccc1NCCNC(=O)N1CCN(CC(=O)N2CCCC2)CC1.O=CO. The number of carbonyl (C=O) groups is 3. The van der Waals surface area contributed by atoms with Gasteiger partial charge in [0.25, 0.3) is 6.47 Å². The van der Waals surface area contributed by atoms with E-state index >= 15 is 0 Å². The third-order valence-corrected chi connectivity index (χ3v) is 5.21. The quantitative estimate of drug-likeness (QED) is 0.452. The summed E-state index contributed by atoms with van der Waals surface area (Å²) in [5, 5.41) is 13.1. The first-order valence-corrected chi connectivity index (χ1v) is 10.3. The van der Waals surface area contributed by atoms with E-state index in [1.54, 1.807) is 6.20 Å². The van der Waals surface area contributed by atoms with Crippen molar-refractivity contribution in [3.05, 3.63) is 24.0 Å². The van der Waals surface area contributed by atoms with E-state index in [0.717, 1.165) is 50.3 Å². The smallest absolute Gasteiger partial charge is 0.317 e. The third kappa shape index (κ3) is 7.51. The first kappa shape index (κ1) is 23.4. The average molecular weight is 421 g/mol. The number of carbonyl (C=O) groups excluding carboxylic acids is 2. The summed E-state index contributed by atoms with van der Waals surface area (Å²) in [6.07, 6.45) is 5.81. The van der Waals surface area contributed by atoms with E-state index in [9.17, 15) is 9.59 Å². The Bertz CT molecular complexity index is 688. The highest BCUT2D eigenvalue weighted by Crippen LogP contribution is 2.11. The molecule has 10 heteroatoms. The molecular formula is C20H32N6O4. The van der Waals surface area contributed by atoms with Crippen LogP contribution in [0.25, 0.3) is 0 Å². The first-order chi connectivity index (χ1) is 14.5. The van der Waals surface area contributed by atoms with E-state index in [0.29, 0.717) is 32.7 Å². The third-order valence-electron chi connectivity index (χ3n) is 5.21. The molecule has 166 valence electrons. The summed E-state index contributed by atoms with van der Waals surface area (Å²) in [4.78, 5) is 42.9. The molecule has 0 bridgehead atoms. The lowest BCUT2D eigenvalue weighted by atomic mass is 10.2. The monoisotopic (exact) mass is 420 g/mol. The molecule has 0 aromatic carbocycles. The topological polar surface area (TPSA) is 118 Å². The fourth-order valence-corrected chi connectivity index (χ4v) is 3.52.